The fourth-order valence-electron chi connectivity index (χ4n) is 1.27. The van der Waals surface area contributed by atoms with Crippen LogP contribution in [0.15, 0.2) is 6.07 Å². The van der Waals surface area contributed by atoms with E-state index in [2.05, 4.69) is 0 Å². The van der Waals surface area contributed by atoms with E-state index in [-0.39, 0.29) is 5.82 Å². The Bertz CT molecular complexity index is 317. The Morgan fingerprint density at radius 1 is 1.75 bits per heavy atom. The van der Waals surface area contributed by atoms with Crippen LogP contribution in [0.1, 0.15) is 12.6 Å². The molecule has 0 radical (unpaired) electrons. The lowest BCUT2D eigenvalue weighted by molar-refractivity contribution is -0.391. The summed E-state index contributed by atoms with van der Waals surface area (Å²) in [4.78, 5) is 10.00. The monoisotopic (exact) mass is 169 g/mol. The van der Waals surface area contributed by atoms with Gasteiger partial charge in [-0.3, -0.25) is 0 Å². The van der Waals surface area contributed by atoms with Gasteiger partial charge in [0.1, 0.15) is 5.69 Å². The van der Waals surface area contributed by atoms with Gasteiger partial charge in [0.15, 0.2) is 0 Å². The van der Waals surface area contributed by atoms with Crippen molar-refractivity contribution in [3.05, 3.63) is 21.9 Å². The zero-order chi connectivity index (χ0) is 9.30. The van der Waals surface area contributed by atoms with E-state index in [9.17, 15) is 10.1 Å². The van der Waals surface area contributed by atoms with Gasteiger partial charge in [0.25, 0.3) is 0 Å². The molecule has 0 fully saturated rings. The molecule has 66 valence electrons. The van der Waals surface area contributed by atoms with Crippen LogP contribution in [0.2, 0.25) is 0 Å². The maximum atomic E-state index is 10.4. The van der Waals surface area contributed by atoms with Crippen molar-refractivity contribution in [2.24, 2.45) is 7.05 Å². The second-order valence-corrected chi connectivity index (χ2v) is 2.57. The van der Waals surface area contributed by atoms with Gasteiger partial charge in [-0.1, -0.05) is 6.92 Å². The number of nitrogen functional groups attached to an aromatic ring is 1. The fourth-order valence-corrected chi connectivity index (χ4v) is 1.27. The molecule has 2 N–H and O–H groups in total. The second-order valence-electron chi connectivity index (χ2n) is 2.57. The second kappa shape index (κ2) is 2.84. The summed E-state index contributed by atoms with van der Waals surface area (Å²) in [6.07, 6.45) is 0.705. The Hall–Kier alpha value is -1.52. The average Bonchev–Trinajstić information content (AvgIpc) is 2.27. The first-order valence-electron chi connectivity index (χ1n) is 3.66. The van der Waals surface area contributed by atoms with E-state index in [0.29, 0.717) is 12.1 Å². The van der Waals surface area contributed by atoms with Crippen molar-refractivity contribution < 1.29 is 4.92 Å². The van der Waals surface area contributed by atoms with E-state index in [4.69, 9.17) is 5.73 Å². The molecule has 1 aromatic rings. The van der Waals surface area contributed by atoms with Gasteiger partial charge in [-0.2, -0.15) is 0 Å². The maximum Gasteiger partial charge on any atom is 0.325 e. The van der Waals surface area contributed by atoms with Crippen molar-refractivity contribution in [1.29, 1.82) is 0 Å². The summed E-state index contributed by atoms with van der Waals surface area (Å²) in [5, 5.41) is 10.4. The molecule has 5 nitrogen and oxygen atoms in total. The molecule has 0 atom stereocenters. The Kier molecular flexibility index (Phi) is 2.03. The minimum Gasteiger partial charge on any atom is -0.395 e. The van der Waals surface area contributed by atoms with Gasteiger partial charge in [0.05, 0.1) is 18.8 Å². The van der Waals surface area contributed by atoms with E-state index in [1.54, 1.807) is 7.05 Å². The summed E-state index contributed by atoms with van der Waals surface area (Å²) in [5.41, 5.74) is 6.86. The number of hydrogen-bond acceptors (Lipinski definition) is 3. The van der Waals surface area contributed by atoms with Crippen LogP contribution in [0.4, 0.5) is 11.5 Å². The first-order chi connectivity index (χ1) is 5.57. The quantitative estimate of drug-likeness (QED) is 0.531. The Morgan fingerprint density at radius 2 is 2.33 bits per heavy atom. The third kappa shape index (κ3) is 1.13. The molecule has 0 aromatic carbocycles. The summed E-state index contributed by atoms with van der Waals surface area (Å²) in [6, 6.07) is 1.39. The molecule has 0 saturated heterocycles. The third-order valence-corrected chi connectivity index (χ3v) is 1.89. The summed E-state index contributed by atoms with van der Waals surface area (Å²) in [7, 11) is 1.65. The van der Waals surface area contributed by atoms with E-state index in [0.717, 1.165) is 5.69 Å². The number of nitro groups is 1. The number of rotatable bonds is 2. The average molecular weight is 169 g/mol. The third-order valence-electron chi connectivity index (χ3n) is 1.89. The molecule has 0 spiro atoms. The van der Waals surface area contributed by atoms with Gasteiger partial charge in [0, 0.05) is 6.42 Å². The van der Waals surface area contributed by atoms with Crippen LogP contribution in [0.3, 0.4) is 0 Å². The van der Waals surface area contributed by atoms with Gasteiger partial charge in [-0.05, 0) is 4.92 Å². The highest BCUT2D eigenvalue weighted by Gasteiger charge is 2.17. The summed E-state index contributed by atoms with van der Waals surface area (Å²) >= 11 is 0. The van der Waals surface area contributed by atoms with Crippen LogP contribution in [-0.2, 0) is 13.5 Å². The van der Waals surface area contributed by atoms with Crippen molar-refractivity contribution >= 4 is 11.5 Å². The highest BCUT2D eigenvalue weighted by molar-refractivity contribution is 5.52. The summed E-state index contributed by atoms with van der Waals surface area (Å²) < 4.78 is 1.51. The minimum atomic E-state index is -0.435. The van der Waals surface area contributed by atoms with Crippen molar-refractivity contribution in [1.82, 2.24) is 4.57 Å². The first-order valence-corrected chi connectivity index (χ1v) is 3.66. The number of hydrogen-bond donors (Lipinski definition) is 1. The first kappa shape index (κ1) is 8.58. The fraction of sp³-hybridized carbons (Fsp3) is 0.429. The van der Waals surface area contributed by atoms with Crippen molar-refractivity contribution in [3.63, 3.8) is 0 Å². The van der Waals surface area contributed by atoms with Crippen molar-refractivity contribution in [2.45, 2.75) is 13.3 Å². The molecule has 0 bridgehead atoms. The van der Waals surface area contributed by atoms with E-state index in [1.807, 2.05) is 6.92 Å². The molecule has 5 heteroatoms. The Balaban J connectivity index is 3.26. The lowest BCUT2D eigenvalue weighted by Gasteiger charge is -1.96. The Morgan fingerprint density at radius 3 is 2.58 bits per heavy atom. The van der Waals surface area contributed by atoms with Crippen LogP contribution in [-0.4, -0.2) is 9.49 Å². The number of nitrogens with zero attached hydrogens (tertiary/aromatic N) is 2. The SMILES string of the molecule is CCc1c(N)cc([N+](=O)[O-])n1C. The van der Waals surface area contributed by atoms with Crippen molar-refractivity contribution in [3.8, 4) is 0 Å². The largest absolute Gasteiger partial charge is 0.395 e. The maximum absolute atomic E-state index is 10.4. The zero-order valence-corrected chi connectivity index (χ0v) is 7.07. The molecule has 0 amide bonds. The van der Waals surface area contributed by atoms with Crippen LogP contribution >= 0.6 is 0 Å². The van der Waals surface area contributed by atoms with Crippen LogP contribution in [0.5, 0.6) is 0 Å². The number of nitrogens with two attached hydrogens (primary N) is 1. The molecule has 1 rings (SSSR count). The molecule has 12 heavy (non-hydrogen) atoms. The van der Waals surface area contributed by atoms with E-state index >= 15 is 0 Å². The molecular formula is C7H11N3O2. The molecule has 0 aliphatic heterocycles. The van der Waals surface area contributed by atoms with Gasteiger partial charge < -0.3 is 15.8 Å². The summed E-state index contributed by atoms with van der Waals surface area (Å²) in [5.74, 6) is 0.0457. The lowest BCUT2D eigenvalue weighted by Crippen LogP contribution is -2.01. The predicted molar refractivity (Wildman–Crippen MR) is 45.9 cm³/mol. The summed E-state index contributed by atoms with van der Waals surface area (Å²) in [6.45, 7) is 1.91. The molecule has 0 aliphatic rings. The van der Waals surface area contributed by atoms with Gasteiger partial charge >= 0.3 is 5.82 Å². The van der Waals surface area contributed by atoms with Gasteiger partial charge in [-0.15, -0.1) is 0 Å². The van der Waals surface area contributed by atoms with Crippen molar-refractivity contribution in [2.75, 3.05) is 5.73 Å². The van der Waals surface area contributed by atoms with Gasteiger partial charge in [-0.25, -0.2) is 4.57 Å². The zero-order valence-electron chi connectivity index (χ0n) is 7.07. The van der Waals surface area contributed by atoms with Crippen LogP contribution in [0.25, 0.3) is 0 Å². The van der Waals surface area contributed by atoms with E-state index in [1.165, 1.54) is 10.6 Å². The number of aromatic nitrogens is 1. The number of anilines is 1. The molecule has 0 unspecified atom stereocenters. The smallest absolute Gasteiger partial charge is 0.325 e. The van der Waals surface area contributed by atoms with Crippen LogP contribution in [0, 0.1) is 10.1 Å². The molecular weight excluding hydrogens is 158 g/mol. The molecule has 1 aromatic heterocycles. The molecule has 1 heterocycles. The van der Waals surface area contributed by atoms with Crippen LogP contribution < -0.4 is 5.73 Å². The molecule has 0 aliphatic carbocycles. The highest BCUT2D eigenvalue weighted by atomic mass is 16.6. The highest BCUT2D eigenvalue weighted by Crippen LogP contribution is 2.22. The van der Waals surface area contributed by atoms with Gasteiger partial charge in [0.2, 0.25) is 0 Å². The topological polar surface area (TPSA) is 74.1 Å². The standard InChI is InChI=1S/C7H11N3O2/c1-3-6-5(8)4-7(9(6)2)10(11)12/h4H,3,8H2,1-2H3. The minimum absolute atomic E-state index is 0.0457. The Labute approximate surface area is 69.9 Å². The predicted octanol–water partition coefficient (Wildman–Crippen LogP) is 1.08. The normalized spacial score (nSPS) is 10.2. The lowest BCUT2D eigenvalue weighted by atomic mass is 10.3. The van der Waals surface area contributed by atoms with E-state index < -0.39 is 4.92 Å². The molecule has 0 saturated carbocycles.